The Bertz CT molecular complexity index is 750. The molecule has 12 unspecified atom stereocenters. The summed E-state index contributed by atoms with van der Waals surface area (Å²) in [6, 6.07) is 0. The van der Waals surface area contributed by atoms with Crippen molar-refractivity contribution in [3.8, 4) is 0 Å². The van der Waals surface area contributed by atoms with Gasteiger partial charge in [-0.2, -0.15) is 0 Å². The zero-order valence-electron chi connectivity index (χ0n) is 21.9. The van der Waals surface area contributed by atoms with E-state index in [-0.39, 0.29) is 34.5 Å². The molecule has 0 bridgehead atoms. The molecule has 0 aromatic carbocycles. The molecule has 0 aromatic heterocycles. The third-order valence-electron chi connectivity index (χ3n) is 11.6. The van der Waals surface area contributed by atoms with Gasteiger partial charge in [0, 0.05) is 5.92 Å². The van der Waals surface area contributed by atoms with Gasteiger partial charge in [0.1, 0.15) is 0 Å². The van der Waals surface area contributed by atoms with Crippen LogP contribution in [-0.4, -0.2) is 44.3 Å². The Labute approximate surface area is 201 Å². The van der Waals surface area contributed by atoms with Gasteiger partial charge in [0.2, 0.25) is 0 Å². The van der Waals surface area contributed by atoms with Gasteiger partial charge in [0.15, 0.2) is 0 Å². The van der Waals surface area contributed by atoms with Crippen molar-refractivity contribution in [3.63, 3.8) is 0 Å². The van der Waals surface area contributed by atoms with Gasteiger partial charge in [-0.1, -0.05) is 53.7 Å². The first kappa shape index (κ1) is 25.7. The molecule has 33 heavy (non-hydrogen) atoms. The van der Waals surface area contributed by atoms with Crippen molar-refractivity contribution >= 4 is 0 Å². The van der Waals surface area contributed by atoms with E-state index >= 15 is 0 Å². The molecule has 4 saturated carbocycles. The molecule has 0 spiro atoms. The standard InChI is InChI=1S/C29H50O4/c1-16(2)17(3)8-9-18(4)20-10-11-24-27(20,6)15-23(31)26-28(7)14-22(30)25(32)19(5)21(28)12-13-29(24,26)33/h16,18-26,30-33H,3,8-15H2,1-2,4-7H3. The van der Waals surface area contributed by atoms with E-state index in [0.29, 0.717) is 30.6 Å². The summed E-state index contributed by atoms with van der Waals surface area (Å²) in [6.45, 7) is 17.6. The molecule has 12 atom stereocenters. The fraction of sp³-hybridized carbons (Fsp3) is 0.931. The minimum Gasteiger partial charge on any atom is -0.393 e. The SMILES string of the molecule is C=C(CCC(C)C1CCC2C1(C)CC(O)C1C3(C)CC(O)C(O)C(C)C3CCC21O)C(C)C. The van der Waals surface area contributed by atoms with Crippen LogP contribution in [0.3, 0.4) is 0 Å². The minimum atomic E-state index is -0.893. The number of hydrogen-bond donors (Lipinski definition) is 4. The van der Waals surface area contributed by atoms with E-state index in [9.17, 15) is 20.4 Å². The lowest BCUT2D eigenvalue weighted by Crippen LogP contribution is -2.70. The summed E-state index contributed by atoms with van der Waals surface area (Å²) in [5.74, 6) is 1.72. The number of rotatable bonds is 5. The summed E-state index contributed by atoms with van der Waals surface area (Å²) in [7, 11) is 0. The molecule has 4 aliphatic rings. The van der Waals surface area contributed by atoms with E-state index in [2.05, 4.69) is 41.2 Å². The number of aliphatic hydroxyl groups is 4. The monoisotopic (exact) mass is 462 g/mol. The maximum atomic E-state index is 12.4. The van der Waals surface area contributed by atoms with Crippen LogP contribution in [0.1, 0.15) is 92.9 Å². The lowest BCUT2D eigenvalue weighted by atomic mass is 9.40. The predicted molar refractivity (Wildman–Crippen MR) is 132 cm³/mol. The van der Waals surface area contributed by atoms with E-state index in [0.717, 1.165) is 38.5 Å². The Morgan fingerprint density at radius 2 is 1.61 bits per heavy atom. The largest absolute Gasteiger partial charge is 0.393 e. The fourth-order valence-electron chi connectivity index (χ4n) is 9.92. The summed E-state index contributed by atoms with van der Waals surface area (Å²) in [4.78, 5) is 0. The fourth-order valence-corrected chi connectivity index (χ4v) is 9.92. The van der Waals surface area contributed by atoms with Crippen LogP contribution < -0.4 is 0 Å². The molecule has 4 N–H and O–H groups in total. The van der Waals surface area contributed by atoms with Gasteiger partial charge < -0.3 is 20.4 Å². The van der Waals surface area contributed by atoms with E-state index in [1.54, 1.807) is 0 Å². The Kier molecular flexibility index (Phi) is 6.69. The van der Waals surface area contributed by atoms with Gasteiger partial charge >= 0.3 is 0 Å². The van der Waals surface area contributed by atoms with Crippen molar-refractivity contribution in [2.75, 3.05) is 0 Å². The molecule has 4 heteroatoms. The Balaban J connectivity index is 1.60. The summed E-state index contributed by atoms with van der Waals surface area (Å²) >= 11 is 0. The Hall–Kier alpha value is -0.420. The third kappa shape index (κ3) is 3.77. The zero-order chi connectivity index (χ0) is 24.5. The molecule has 4 fully saturated rings. The van der Waals surface area contributed by atoms with E-state index in [1.165, 1.54) is 5.57 Å². The Morgan fingerprint density at radius 3 is 2.24 bits per heavy atom. The van der Waals surface area contributed by atoms with Gasteiger partial charge in [0.25, 0.3) is 0 Å². The van der Waals surface area contributed by atoms with Crippen molar-refractivity contribution < 1.29 is 20.4 Å². The maximum absolute atomic E-state index is 12.4. The second-order valence-electron chi connectivity index (χ2n) is 13.6. The van der Waals surface area contributed by atoms with Crippen LogP contribution in [0.4, 0.5) is 0 Å². The van der Waals surface area contributed by atoms with Crippen molar-refractivity contribution in [3.05, 3.63) is 12.2 Å². The molecule has 0 heterocycles. The molecule has 0 saturated heterocycles. The highest BCUT2D eigenvalue weighted by Crippen LogP contribution is 2.70. The van der Waals surface area contributed by atoms with Gasteiger partial charge in [-0.05, 0) is 97.7 Å². The van der Waals surface area contributed by atoms with Crippen LogP contribution in [0, 0.1) is 52.3 Å². The van der Waals surface area contributed by atoms with Gasteiger partial charge in [-0.25, -0.2) is 0 Å². The van der Waals surface area contributed by atoms with Gasteiger partial charge in [-0.3, -0.25) is 0 Å². The van der Waals surface area contributed by atoms with E-state index in [4.69, 9.17) is 0 Å². The van der Waals surface area contributed by atoms with Gasteiger partial charge in [-0.15, -0.1) is 0 Å². The quantitative estimate of drug-likeness (QED) is 0.436. The lowest BCUT2D eigenvalue weighted by molar-refractivity contribution is -0.277. The molecule has 4 rings (SSSR count). The third-order valence-corrected chi connectivity index (χ3v) is 11.6. The van der Waals surface area contributed by atoms with Crippen LogP contribution in [0.5, 0.6) is 0 Å². The number of allylic oxidation sites excluding steroid dienone is 1. The van der Waals surface area contributed by atoms with Crippen molar-refractivity contribution in [2.24, 2.45) is 52.3 Å². The normalized spacial score (nSPS) is 52.7. The predicted octanol–water partition coefficient (Wildman–Crippen LogP) is 4.94. The summed E-state index contributed by atoms with van der Waals surface area (Å²) in [6.07, 6.45) is 5.04. The first-order valence-electron chi connectivity index (χ1n) is 13.7. The smallest absolute Gasteiger partial charge is 0.0827 e. The maximum Gasteiger partial charge on any atom is 0.0827 e. The van der Waals surface area contributed by atoms with Crippen molar-refractivity contribution in [1.82, 2.24) is 0 Å². The van der Waals surface area contributed by atoms with Crippen LogP contribution in [0.2, 0.25) is 0 Å². The van der Waals surface area contributed by atoms with Crippen LogP contribution in [0.15, 0.2) is 12.2 Å². The molecule has 4 aliphatic carbocycles. The first-order chi connectivity index (χ1) is 15.3. The first-order valence-corrected chi connectivity index (χ1v) is 13.7. The van der Waals surface area contributed by atoms with Crippen LogP contribution in [0.25, 0.3) is 0 Å². The summed E-state index contributed by atoms with van der Waals surface area (Å²) in [5.41, 5.74) is 0.00690. The second kappa shape index (κ2) is 8.61. The molecular weight excluding hydrogens is 412 g/mol. The highest BCUT2D eigenvalue weighted by atomic mass is 16.3. The molecule has 4 nitrogen and oxygen atoms in total. The minimum absolute atomic E-state index is 0.0192. The topological polar surface area (TPSA) is 80.9 Å². The average molecular weight is 463 g/mol. The number of aliphatic hydroxyl groups excluding tert-OH is 3. The lowest BCUT2D eigenvalue weighted by Gasteiger charge is -2.67. The molecule has 0 aliphatic heterocycles. The van der Waals surface area contributed by atoms with Crippen molar-refractivity contribution in [1.29, 1.82) is 0 Å². The molecule has 0 amide bonds. The van der Waals surface area contributed by atoms with Crippen LogP contribution >= 0.6 is 0 Å². The summed E-state index contributed by atoms with van der Waals surface area (Å²) < 4.78 is 0. The molecular formula is C29H50O4. The molecule has 0 radical (unpaired) electrons. The summed E-state index contributed by atoms with van der Waals surface area (Å²) in [5, 5.41) is 45.4. The number of hydrogen-bond acceptors (Lipinski definition) is 4. The van der Waals surface area contributed by atoms with Crippen LogP contribution in [-0.2, 0) is 0 Å². The van der Waals surface area contributed by atoms with Gasteiger partial charge in [0.05, 0.1) is 23.9 Å². The van der Waals surface area contributed by atoms with E-state index in [1.807, 2.05) is 6.92 Å². The molecule has 0 aromatic rings. The highest BCUT2D eigenvalue weighted by molar-refractivity contribution is 5.20. The molecule has 190 valence electrons. The highest BCUT2D eigenvalue weighted by Gasteiger charge is 2.70. The number of fused-ring (bicyclic) bond motifs is 5. The average Bonchev–Trinajstić information content (AvgIpc) is 3.06. The second-order valence-corrected chi connectivity index (χ2v) is 13.6. The zero-order valence-corrected chi connectivity index (χ0v) is 21.9. The Morgan fingerprint density at radius 1 is 0.970 bits per heavy atom. The van der Waals surface area contributed by atoms with E-state index < -0.39 is 23.9 Å². The van der Waals surface area contributed by atoms with Crippen molar-refractivity contribution in [2.45, 2.75) is 117 Å².